The number of pyridine rings is 2. The molecule has 1 aliphatic heterocycles. The summed E-state index contributed by atoms with van der Waals surface area (Å²) in [6.07, 6.45) is 5.25. The number of aromatic nitrogens is 2. The zero-order chi connectivity index (χ0) is 18.6. The first-order chi connectivity index (χ1) is 13.2. The van der Waals surface area contributed by atoms with Crippen LogP contribution in [0.2, 0.25) is 0 Å². The SMILES string of the molecule is CCOC(=O)C1CCN(c2ccc3cc(-c4ccncc4)ccc3n2)CC1. The van der Waals surface area contributed by atoms with Gasteiger partial charge in [-0.25, -0.2) is 4.98 Å². The Hall–Kier alpha value is -2.95. The van der Waals surface area contributed by atoms with E-state index in [1.54, 1.807) is 12.4 Å². The molecule has 138 valence electrons. The van der Waals surface area contributed by atoms with Crippen LogP contribution >= 0.6 is 0 Å². The van der Waals surface area contributed by atoms with E-state index in [0.29, 0.717) is 6.61 Å². The molecule has 3 aromatic rings. The molecular formula is C22H23N3O2. The highest BCUT2D eigenvalue weighted by Crippen LogP contribution is 2.27. The van der Waals surface area contributed by atoms with Gasteiger partial charge in [0.15, 0.2) is 0 Å². The summed E-state index contributed by atoms with van der Waals surface area (Å²) in [4.78, 5) is 23.1. The third kappa shape index (κ3) is 3.77. The van der Waals surface area contributed by atoms with Gasteiger partial charge in [-0.2, -0.15) is 0 Å². The average Bonchev–Trinajstić information content (AvgIpc) is 2.74. The van der Waals surface area contributed by atoms with Gasteiger partial charge in [-0.1, -0.05) is 6.07 Å². The molecule has 0 saturated carbocycles. The highest BCUT2D eigenvalue weighted by molar-refractivity contribution is 5.85. The summed E-state index contributed by atoms with van der Waals surface area (Å²) < 4.78 is 5.15. The number of nitrogens with zero attached hydrogens (tertiary/aromatic N) is 3. The molecule has 0 spiro atoms. The van der Waals surface area contributed by atoms with Gasteiger partial charge < -0.3 is 9.64 Å². The molecular weight excluding hydrogens is 338 g/mol. The van der Waals surface area contributed by atoms with Crippen LogP contribution in [0, 0.1) is 5.92 Å². The number of hydrogen-bond donors (Lipinski definition) is 0. The van der Waals surface area contributed by atoms with Crippen molar-refractivity contribution in [3.8, 4) is 11.1 Å². The van der Waals surface area contributed by atoms with Crippen molar-refractivity contribution in [2.75, 3.05) is 24.6 Å². The number of rotatable bonds is 4. The van der Waals surface area contributed by atoms with E-state index in [1.807, 2.05) is 19.1 Å². The van der Waals surface area contributed by atoms with Crippen molar-refractivity contribution in [2.45, 2.75) is 19.8 Å². The Morgan fingerprint density at radius 2 is 1.85 bits per heavy atom. The monoisotopic (exact) mass is 361 g/mol. The van der Waals surface area contributed by atoms with Crippen LogP contribution in [0.25, 0.3) is 22.0 Å². The second-order valence-corrected chi connectivity index (χ2v) is 6.83. The number of esters is 1. The van der Waals surface area contributed by atoms with Gasteiger partial charge in [0.2, 0.25) is 0 Å². The van der Waals surface area contributed by atoms with Crippen LogP contribution < -0.4 is 4.90 Å². The largest absolute Gasteiger partial charge is 0.466 e. The zero-order valence-electron chi connectivity index (χ0n) is 15.5. The molecule has 5 nitrogen and oxygen atoms in total. The predicted molar refractivity (Wildman–Crippen MR) is 107 cm³/mol. The van der Waals surface area contributed by atoms with Gasteiger partial charge in [0, 0.05) is 30.9 Å². The highest BCUT2D eigenvalue weighted by atomic mass is 16.5. The Morgan fingerprint density at radius 1 is 1.07 bits per heavy atom. The quantitative estimate of drug-likeness (QED) is 0.656. The predicted octanol–water partition coefficient (Wildman–Crippen LogP) is 4.08. The fourth-order valence-corrected chi connectivity index (χ4v) is 3.62. The topological polar surface area (TPSA) is 55.3 Å². The Morgan fingerprint density at radius 3 is 2.59 bits per heavy atom. The van der Waals surface area contributed by atoms with E-state index in [0.717, 1.165) is 53.8 Å². The van der Waals surface area contributed by atoms with E-state index in [1.165, 1.54) is 0 Å². The fourth-order valence-electron chi connectivity index (χ4n) is 3.62. The van der Waals surface area contributed by atoms with Crippen LogP contribution in [0.1, 0.15) is 19.8 Å². The molecule has 4 rings (SSSR count). The zero-order valence-corrected chi connectivity index (χ0v) is 15.5. The number of benzene rings is 1. The molecule has 27 heavy (non-hydrogen) atoms. The maximum atomic E-state index is 11.9. The minimum Gasteiger partial charge on any atom is -0.466 e. The lowest BCUT2D eigenvalue weighted by molar-refractivity contribution is -0.148. The molecule has 0 radical (unpaired) electrons. The van der Waals surface area contributed by atoms with E-state index in [-0.39, 0.29) is 11.9 Å². The molecule has 0 amide bonds. The number of fused-ring (bicyclic) bond motifs is 1. The molecule has 0 atom stereocenters. The summed E-state index contributed by atoms with van der Waals surface area (Å²) in [7, 11) is 0. The molecule has 0 aliphatic carbocycles. The second kappa shape index (κ2) is 7.74. The normalized spacial score (nSPS) is 15.1. The summed E-state index contributed by atoms with van der Waals surface area (Å²) in [6, 6.07) is 14.5. The van der Waals surface area contributed by atoms with E-state index in [2.05, 4.69) is 40.2 Å². The van der Waals surface area contributed by atoms with Crippen LogP contribution in [0.3, 0.4) is 0 Å². The number of carbonyl (C=O) groups excluding carboxylic acids is 1. The maximum absolute atomic E-state index is 11.9. The van der Waals surface area contributed by atoms with Gasteiger partial charge in [0.05, 0.1) is 18.0 Å². The second-order valence-electron chi connectivity index (χ2n) is 6.83. The van der Waals surface area contributed by atoms with Crippen molar-refractivity contribution in [3.05, 3.63) is 54.9 Å². The van der Waals surface area contributed by atoms with Crippen LogP contribution in [-0.2, 0) is 9.53 Å². The standard InChI is InChI=1S/C22H23N3O2/c1-2-27-22(26)17-9-13-25(14-10-17)21-6-4-19-15-18(3-5-20(19)24-21)16-7-11-23-12-8-16/h3-8,11-12,15,17H,2,9-10,13-14H2,1H3. The Bertz CT molecular complexity index is 935. The van der Waals surface area contributed by atoms with Gasteiger partial charge in [-0.15, -0.1) is 0 Å². The molecule has 1 saturated heterocycles. The summed E-state index contributed by atoms with van der Waals surface area (Å²) >= 11 is 0. The molecule has 5 heteroatoms. The molecule has 1 aromatic carbocycles. The lowest BCUT2D eigenvalue weighted by Crippen LogP contribution is -2.37. The lowest BCUT2D eigenvalue weighted by atomic mass is 9.97. The first kappa shape index (κ1) is 17.5. The Labute approximate surface area is 159 Å². The van der Waals surface area contributed by atoms with Gasteiger partial charge in [0.1, 0.15) is 5.82 Å². The van der Waals surface area contributed by atoms with Crippen molar-refractivity contribution >= 4 is 22.7 Å². The summed E-state index contributed by atoms with van der Waals surface area (Å²) in [5.74, 6) is 0.929. The summed E-state index contributed by atoms with van der Waals surface area (Å²) in [5, 5.41) is 1.12. The molecule has 0 unspecified atom stereocenters. The molecule has 0 N–H and O–H groups in total. The minimum atomic E-state index is -0.0627. The van der Waals surface area contributed by atoms with Crippen molar-refractivity contribution in [2.24, 2.45) is 5.92 Å². The maximum Gasteiger partial charge on any atom is 0.309 e. The number of anilines is 1. The van der Waals surface area contributed by atoms with Crippen LogP contribution in [0.15, 0.2) is 54.9 Å². The van der Waals surface area contributed by atoms with Gasteiger partial charge in [-0.3, -0.25) is 9.78 Å². The molecule has 1 aliphatic rings. The van der Waals surface area contributed by atoms with Crippen molar-refractivity contribution in [1.29, 1.82) is 0 Å². The summed E-state index contributed by atoms with van der Waals surface area (Å²) in [5.41, 5.74) is 3.30. The highest BCUT2D eigenvalue weighted by Gasteiger charge is 2.26. The first-order valence-electron chi connectivity index (χ1n) is 9.47. The first-order valence-corrected chi connectivity index (χ1v) is 9.47. The molecule has 1 fully saturated rings. The third-order valence-corrected chi connectivity index (χ3v) is 5.13. The van der Waals surface area contributed by atoms with Crippen molar-refractivity contribution < 1.29 is 9.53 Å². The number of piperidine rings is 1. The van der Waals surface area contributed by atoms with Gasteiger partial charge in [0.25, 0.3) is 0 Å². The van der Waals surface area contributed by atoms with E-state index < -0.39 is 0 Å². The van der Waals surface area contributed by atoms with Crippen LogP contribution in [0.5, 0.6) is 0 Å². The Kier molecular flexibility index (Phi) is 5.01. The average molecular weight is 361 g/mol. The number of carbonyl (C=O) groups is 1. The smallest absolute Gasteiger partial charge is 0.309 e. The van der Waals surface area contributed by atoms with E-state index in [9.17, 15) is 4.79 Å². The van der Waals surface area contributed by atoms with Gasteiger partial charge in [-0.05, 0) is 67.3 Å². The van der Waals surface area contributed by atoms with Crippen molar-refractivity contribution in [3.63, 3.8) is 0 Å². The minimum absolute atomic E-state index is 0.0181. The van der Waals surface area contributed by atoms with E-state index in [4.69, 9.17) is 9.72 Å². The summed E-state index contributed by atoms with van der Waals surface area (Å²) in [6.45, 7) is 3.97. The van der Waals surface area contributed by atoms with Crippen LogP contribution in [0.4, 0.5) is 5.82 Å². The van der Waals surface area contributed by atoms with Gasteiger partial charge >= 0.3 is 5.97 Å². The molecule has 3 heterocycles. The van der Waals surface area contributed by atoms with E-state index >= 15 is 0 Å². The number of ether oxygens (including phenoxy) is 1. The lowest BCUT2D eigenvalue weighted by Gasteiger charge is -2.31. The van der Waals surface area contributed by atoms with Crippen LogP contribution in [-0.4, -0.2) is 35.6 Å². The van der Waals surface area contributed by atoms with Crippen molar-refractivity contribution in [1.82, 2.24) is 9.97 Å². The fraction of sp³-hybridized carbons (Fsp3) is 0.318. The third-order valence-electron chi connectivity index (χ3n) is 5.13. The number of hydrogen-bond acceptors (Lipinski definition) is 5. The molecule has 2 aromatic heterocycles. The molecule has 0 bridgehead atoms. The Balaban J connectivity index is 1.50.